The zero-order valence-electron chi connectivity index (χ0n) is 14.2. The predicted molar refractivity (Wildman–Crippen MR) is 101 cm³/mol. The molecule has 2 aromatic carbocycles. The van der Waals surface area contributed by atoms with E-state index in [-0.39, 0.29) is 11.7 Å². The Morgan fingerprint density at radius 2 is 1.88 bits per heavy atom. The van der Waals surface area contributed by atoms with Gasteiger partial charge in [-0.25, -0.2) is 8.42 Å². The van der Waals surface area contributed by atoms with Gasteiger partial charge in [-0.1, -0.05) is 25.1 Å². The van der Waals surface area contributed by atoms with E-state index < -0.39 is 10.0 Å². The molecule has 1 amide bonds. The van der Waals surface area contributed by atoms with Gasteiger partial charge in [0, 0.05) is 17.8 Å². The van der Waals surface area contributed by atoms with Gasteiger partial charge in [-0.2, -0.15) is 0 Å². The monoisotopic (exact) mass is 358 g/mol. The van der Waals surface area contributed by atoms with E-state index in [2.05, 4.69) is 12.2 Å². The first-order valence-electron chi connectivity index (χ1n) is 8.50. The number of benzene rings is 2. The minimum absolute atomic E-state index is 0.160. The molecule has 0 aliphatic carbocycles. The van der Waals surface area contributed by atoms with Crippen LogP contribution in [0.1, 0.15) is 35.7 Å². The van der Waals surface area contributed by atoms with Gasteiger partial charge >= 0.3 is 0 Å². The quantitative estimate of drug-likeness (QED) is 0.910. The molecule has 0 radical (unpaired) electrons. The van der Waals surface area contributed by atoms with Gasteiger partial charge in [0.05, 0.1) is 11.4 Å². The summed E-state index contributed by atoms with van der Waals surface area (Å²) < 4.78 is 25.9. The van der Waals surface area contributed by atoms with Crippen LogP contribution in [0.15, 0.2) is 48.5 Å². The lowest BCUT2D eigenvalue weighted by Gasteiger charge is -2.28. The number of rotatable bonds is 4. The van der Waals surface area contributed by atoms with Crippen LogP contribution in [0.25, 0.3) is 0 Å². The Balaban J connectivity index is 1.79. The molecule has 3 rings (SSSR count). The number of carbonyl (C=O) groups is 1. The highest BCUT2D eigenvalue weighted by Crippen LogP contribution is 2.24. The van der Waals surface area contributed by atoms with Gasteiger partial charge in [0.1, 0.15) is 0 Å². The molecule has 0 bridgehead atoms. The average molecular weight is 358 g/mol. The van der Waals surface area contributed by atoms with E-state index in [1.165, 1.54) is 9.87 Å². The lowest BCUT2D eigenvalue weighted by Crippen LogP contribution is -2.37. The third kappa shape index (κ3) is 4.02. The molecule has 1 N–H and O–H groups in total. The van der Waals surface area contributed by atoms with Crippen LogP contribution >= 0.6 is 0 Å². The topological polar surface area (TPSA) is 66.5 Å². The van der Waals surface area contributed by atoms with E-state index in [1.807, 2.05) is 24.3 Å². The van der Waals surface area contributed by atoms with E-state index in [4.69, 9.17) is 0 Å². The molecule has 1 fully saturated rings. The van der Waals surface area contributed by atoms with Crippen LogP contribution in [-0.2, 0) is 16.4 Å². The minimum Gasteiger partial charge on any atom is -0.322 e. The van der Waals surface area contributed by atoms with E-state index in [1.54, 1.807) is 24.3 Å². The smallest absolute Gasteiger partial charge is 0.255 e. The Morgan fingerprint density at radius 3 is 2.56 bits per heavy atom. The molecular formula is C19H22N2O3S. The van der Waals surface area contributed by atoms with Crippen molar-refractivity contribution in [3.05, 3.63) is 59.7 Å². The predicted octanol–water partition coefficient (Wildman–Crippen LogP) is 3.43. The van der Waals surface area contributed by atoms with Crippen molar-refractivity contribution >= 4 is 27.3 Å². The van der Waals surface area contributed by atoms with Crippen molar-refractivity contribution in [3.8, 4) is 0 Å². The third-order valence-corrected chi connectivity index (χ3v) is 6.24. The molecule has 1 heterocycles. The second-order valence-electron chi connectivity index (χ2n) is 6.15. The van der Waals surface area contributed by atoms with Crippen molar-refractivity contribution < 1.29 is 13.2 Å². The van der Waals surface area contributed by atoms with Gasteiger partial charge in [-0.3, -0.25) is 9.10 Å². The molecular weight excluding hydrogens is 336 g/mol. The summed E-state index contributed by atoms with van der Waals surface area (Å²) in [6, 6.07) is 14.5. The molecule has 1 saturated heterocycles. The normalized spacial score (nSPS) is 16.4. The van der Waals surface area contributed by atoms with Gasteiger partial charge in [-0.15, -0.1) is 0 Å². The minimum atomic E-state index is -3.28. The van der Waals surface area contributed by atoms with Gasteiger partial charge < -0.3 is 5.32 Å². The first-order chi connectivity index (χ1) is 12.0. The number of amides is 1. The highest BCUT2D eigenvalue weighted by molar-refractivity contribution is 7.92. The number of carbonyl (C=O) groups excluding carboxylic acids is 1. The first-order valence-corrected chi connectivity index (χ1v) is 10.1. The molecule has 0 spiro atoms. The van der Waals surface area contributed by atoms with Gasteiger partial charge in [0.2, 0.25) is 10.0 Å². The van der Waals surface area contributed by atoms with Crippen LogP contribution in [0.4, 0.5) is 11.4 Å². The molecule has 25 heavy (non-hydrogen) atoms. The van der Waals surface area contributed by atoms with Crippen LogP contribution in [0.5, 0.6) is 0 Å². The lowest BCUT2D eigenvalue weighted by atomic mass is 10.1. The summed E-state index contributed by atoms with van der Waals surface area (Å²) in [5.74, 6) is -0.0896. The molecule has 132 valence electrons. The number of nitrogens with one attached hydrogen (secondary N) is 1. The molecule has 6 heteroatoms. The number of nitrogens with zero attached hydrogens (tertiary/aromatic N) is 1. The largest absolute Gasteiger partial charge is 0.322 e. The standard InChI is InChI=1S/C19H22N2O3S/c1-2-15-8-10-17(11-9-15)20-19(22)16-6-5-7-18(14-16)21-12-3-4-13-25(21,23)24/h5-11,14H,2-4,12-13H2,1H3,(H,20,22). The Morgan fingerprint density at radius 1 is 1.12 bits per heavy atom. The molecule has 1 aliphatic heterocycles. The van der Waals surface area contributed by atoms with E-state index >= 15 is 0 Å². The van der Waals surface area contributed by atoms with Gasteiger partial charge in [0.15, 0.2) is 0 Å². The average Bonchev–Trinajstić information content (AvgIpc) is 2.62. The molecule has 5 nitrogen and oxygen atoms in total. The third-order valence-electron chi connectivity index (χ3n) is 4.37. The summed E-state index contributed by atoms with van der Waals surface area (Å²) >= 11 is 0. The van der Waals surface area contributed by atoms with Crippen molar-refractivity contribution in [2.45, 2.75) is 26.2 Å². The number of hydrogen-bond donors (Lipinski definition) is 1. The van der Waals surface area contributed by atoms with Gasteiger partial charge in [-0.05, 0) is 55.2 Å². The fraction of sp³-hybridized carbons (Fsp3) is 0.316. The van der Waals surface area contributed by atoms with Crippen LogP contribution in [0, 0.1) is 0 Å². The van der Waals surface area contributed by atoms with Gasteiger partial charge in [0.25, 0.3) is 5.91 Å². The Bertz CT molecular complexity index is 860. The Hall–Kier alpha value is -2.34. The first kappa shape index (κ1) is 17.5. The highest BCUT2D eigenvalue weighted by Gasteiger charge is 2.26. The van der Waals surface area contributed by atoms with E-state index in [0.29, 0.717) is 24.2 Å². The van der Waals surface area contributed by atoms with E-state index in [9.17, 15) is 13.2 Å². The van der Waals surface area contributed by atoms with Crippen LogP contribution in [-0.4, -0.2) is 26.6 Å². The molecule has 2 aromatic rings. The number of sulfonamides is 1. The fourth-order valence-corrected chi connectivity index (χ4v) is 4.54. The number of anilines is 2. The Labute approximate surface area is 148 Å². The molecule has 0 saturated carbocycles. The van der Waals surface area contributed by atoms with Crippen molar-refractivity contribution in [3.63, 3.8) is 0 Å². The maximum Gasteiger partial charge on any atom is 0.255 e. The van der Waals surface area contributed by atoms with Crippen LogP contribution in [0.3, 0.4) is 0 Å². The molecule has 0 unspecified atom stereocenters. The number of aryl methyl sites for hydroxylation is 1. The zero-order valence-corrected chi connectivity index (χ0v) is 15.1. The summed E-state index contributed by atoms with van der Waals surface area (Å²) in [6.07, 6.45) is 2.47. The van der Waals surface area contributed by atoms with Crippen LogP contribution in [0.2, 0.25) is 0 Å². The second-order valence-corrected chi connectivity index (χ2v) is 8.16. The summed E-state index contributed by atoms with van der Waals surface area (Å²) in [6.45, 7) is 2.54. The maximum atomic E-state index is 12.5. The van der Waals surface area contributed by atoms with Crippen molar-refractivity contribution in [1.29, 1.82) is 0 Å². The summed E-state index contributed by atoms with van der Waals surface area (Å²) in [5, 5.41) is 2.85. The SMILES string of the molecule is CCc1ccc(NC(=O)c2cccc(N3CCCCS3(=O)=O)c2)cc1. The summed E-state index contributed by atoms with van der Waals surface area (Å²) in [5.41, 5.74) is 2.92. The van der Waals surface area contributed by atoms with E-state index in [0.717, 1.165) is 18.5 Å². The zero-order chi connectivity index (χ0) is 17.9. The number of hydrogen-bond acceptors (Lipinski definition) is 3. The van der Waals surface area contributed by atoms with Crippen molar-refractivity contribution in [2.24, 2.45) is 0 Å². The van der Waals surface area contributed by atoms with Crippen molar-refractivity contribution in [1.82, 2.24) is 0 Å². The highest BCUT2D eigenvalue weighted by atomic mass is 32.2. The second kappa shape index (κ2) is 7.27. The molecule has 1 aliphatic rings. The van der Waals surface area contributed by atoms with Crippen molar-refractivity contribution in [2.75, 3.05) is 21.9 Å². The maximum absolute atomic E-state index is 12.5. The lowest BCUT2D eigenvalue weighted by molar-refractivity contribution is 0.102. The van der Waals surface area contributed by atoms with Crippen LogP contribution < -0.4 is 9.62 Å². The fourth-order valence-electron chi connectivity index (χ4n) is 2.91. The summed E-state index contributed by atoms with van der Waals surface area (Å²) in [7, 11) is -3.28. The molecule has 0 atom stereocenters. The molecule has 0 aromatic heterocycles. The Kier molecular flexibility index (Phi) is 5.08. The summed E-state index contributed by atoms with van der Waals surface area (Å²) in [4.78, 5) is 12.5.